The molecule has 0 bridgehead atoms. The Balaban J connectivity index is 1.36. The molecule has 1 atom stereocenters. The smallest absolute Gasteiger partial charge is 0.413 e. The average molecular weight is 713 g/mol. The zero-order valence-electron chi connectivity index (χ0n) is 29.3. The van der Waals surface area contributed by atoms with Gasteiger partial charge < -0.3 is 28.9 Å². The second-order valence-electron chi connectivity index (χ2n) is 14.5. The lowest BCUT2D eigenvalue weighted by Crippen LogP contribution is -2.50. The van der Waals surface area contributed by atoms with Gasteiger partial charge in [-0.2, -0.15) is 9.97 Å². The van der Waals surface area contributed by atoms with Crippen LogP contribution in [0.2, 0.25) is 0 Å². The maximum atomic E-state index is 16.7. The van der Waals surface area contributed by atoms with Crippen LogP contribution in [-0.2, 0) is 9.47 Å². The molecular weight excluding hydrogens is 670 g/mol. The highest BCUT2D eigenvalue weighted by atomic mass is 32.1. The topological polar surface area (TPSA) is 135 Å². The highest BCUT2D eigenvalue weighted by Crippen LogP contribution is 2.38. The molecule has 2 amide bonds. The Morgan fingerprint density at radius 3 is 2.34 bits per heavy atom. The lowest BCUT2D eigenvalue weighted by molar-refractivity contribution is 0.0240. The Bertz CT molecular complexity index is 1920. The van der Waals surface area contributed by atoms with Crippen molar-refractivity contribution in [1.29, 1.82) is 0 Å². The van der Waals surface area contributed by atoms with Crippen molar-refractivity contribution in [2.45, 2.75) is 71.6 Å². The number of pyridine rings is 1. The number of likely N-dealkylation sites (tertiary alicyclic amines) is 1. The SMILES string of the molecule is CN1CCCC1COc1nc(N2CCN(C(=O)OC(C)(C)C)CC2)c2cnc(-c3ccc(F)c4sc(NC(=O)OC(C)(C)C)nc34)c(F)c2n1. The number of aromatic nitrogens is 4. The fourth-order valence-corrected chi connectivity index (χ4v) is 6.80. The number of amides is 2. The van der Waals surface area contributed by atoms with Crippen LogP contribution in [0.5, 0.6) is 6.01 Å². The molecule has 1 unspecified atom stereocenters. The summed E-state index contributed by atoms with van der Waals surface area (Å²) >= 11 is 0.902. The van der Waals surface area contributed by atoms with Gasteiger partial charge in [0.1, 0.15) is 40.7 Å². The summed E-state index contributed by atoms with van der Waals surface area (Å²) in [5.74, 6) is -0.917. The molecule has 5 heterocycles. The van der Waals surface area contributed by atoms with Gasteiger partial charge in [0.15, 0.2) is 10.9 Å². The Morgan fingerprint density at radius 2 is 1.68 bits per heavy atom. The summed E-state index contributed by atoms with van der Waals surface area (Å²) in [5.41, 5.74) is -1.16. The number of halogens is 2. The maximum absolute atomic E-state index is 16.7. The van der Waals surface area contributed by atoms with E-state index < -0.39 is 35.0 Å². The molecule has 0 radical (unpaired) electrons. The van der Waals surface area contributed by atoms with Crippen molar-refractivity contribution < 1.29 is 32.6 Å². The van der Waals surface area contributed by atoms with Crippen LogP contribution in [0, 0.1) is 11.6 Å². The van der Waals surface area contributed by atoms with Crippen molar-refractivity contribution >= 4 is 55.6 Å². The lowest BCUT2D eigenvalue weighted by atomic mass is 10.1. The Kier molecular flexibility index (Phi) is 9.70. The van der Waals surface area contributed by atoms with Crippen LogP contribution in [0.25, 0.3) is 32.4 Å². The first-order chi connectivity index (χ1) is 23.6. The van der Waals surface area contributed by atoms with E-state index in [9.17, 15) is 9.59 Å². The third-order valence-electron chi connectivity index (χ3n) is 8.31. The van der Waals surface area contributed by atoms with Crippen molar-refractivity contribution in [2.24, 2.45) is 0 Å². The largest absolute Gasteiger partial charge is 0.462 e. The number of hydrogen-bond acceptors (Lipinski definition) is 12. The number of fused-ring (bicyclic) bond motifs is 2. The molecule has 0 saturated carbocycles. The number of nitrogens with one attached hydrogen (secondary N) is 1. The van der Waals surface area contributed by atoms with Crippen LogP contribution in [0.15, 0.2) is 18.3 Å². The summed E-state index contributed by atoms with van der Waals surface area (Å²) in [6, 6.07) is 2.80. The van der Waals surface area contributed by atoms with Crippen molar-refractivity contribution in [2.75, 3.05) is 56.6 Å². The fourth-order valence-electron chi connectivity index (χ4n) is 5.91. The number of piperazine rings is 1. The van der Waals surface area contributed by atoms with Gasteiger partial charge in [-0.25, -0.2) is 23.4 Å². The predicted octanol–water partition coefficient (Wildman–Crippen LogP) is 6.46. The number of anilines is 2. The van der Waals surface area contributed by atoms with Crippen molar-refractivity contribution in [3.05, 3.63) is 30.0 Å². The molecule has 1 aromatic carbocycles. The van der Waals surface area contributed by atoms with Crippen LogP contribution in [0.4, 0.5) is 29.3 Å². The molecule has 4 aromatic rings. The zero-order valence-corrected chi connectivity index (χ0v) is 30.1. The molecule has 2 aliphatic heterocycles. The molecule has 2 saturated heterocycles. The number of carbonyl (C=O) groups is 2. The van der Waals surface area contributed by atoms with Crippen molar-refractivity contribution in [1.82, 2.24) is 29.7 Å². The molecule has 1 N–H and O–H groups in total. The molecule has 268 valence electrons. The summed E-state index contributed by atoms with van der Waals surface area (Å²) in [6.45, 7) is 13.5. The molecule has 2 aliphatic rings. The molecule has 2 fully saturated rings. The van der Waals surface area contributed by atoms with E-state index in [4.69, 9.17) is 19.2 Å². The second-order valence-corrected chi connectivity index (χ2v) is 15.5. The molecule has 0 aliphatic carbocycles. The monoisotopic (exact) mass is 712 g/mol. The molecule has 3 aromatic heterocycles. The van der Waals surface area contributed by atoms with Crippen molar-refractivity contribution in [3.8, 4) is 17.3 Å². The van der Waals surface area contributed by atoms with Crippen LogP contribution in [-0.4, -0.2) is 106 Å². The van der Waals surface area contributed by atoms with E-state index in [2.05, 4.69) is 25.2 Å². The average Bonchev–Trinajstić information content (AvgIpc) is 3.65. The van der Waals surface area contributed by atoms with Crippen LogP contribution in [0.3, 0.4) is 0 Å². The van der Waals surface area contributed by atoms with Crippen molar-refractivity contribution in [3.63, 3.8) is 0 Å². The standard InChI is InChI=1S/C34H42F2N8O5S/c1-33(2,3)48-31(45)41-30-39-26-20(10-11-22(35)27(26)50-30)24-23(36)25-21(17-37-24)28(40-29(38-25)47-18-19-9-8-12-42(19)7)43-13-15-44(16-14-43)32(46)49-34(4,5)6/h10-11,17,19H,8-9,12-16,18H2,1-7H3,(H,39,41,45). The molecule has 13 nitrogen and oxygen atoms in total. The van der Waals surface area contributed by atoms with Crippen LogP contribution in [0.1, 0.15) is 54.4 Å². The van der Waals surface area contributed by atoms with Gasteiger partial charge in [-0.3, -0.25) is 10.3 Å². The number of benzene rings is 1. The first-order valence-corrected chi connectivity index (χ1v) is 17.4. The number of hydrogen-bond donors (Lipinski definition) is 1. The molecule has 6 rings (SSSR count). The summed E-state index contributed by atoms with van der Waals surface area (Å²) < 4.78 is 48.8. The summed E-state index contributed by atoms with van der Waals surface area (Å²) in [4.78, 5) is 49.1. The van der Waals surface area contributed by atoms with E-state index in [1.54, 1.807) is 25.7 Å². The van der Waals surface area contributed by atoms with E-state index in [1.165, 1.54) is 18.3 Å². The summed E-state index contributed by atoms with van der Waals surface area (Å²) in [5, 5.41) is 2.98. The van der Waals surface area contributed by atoms with E-state index >= 15 is 8.78 Å². The van der Waals surface area contributed by atoms with Gasteiger partial charge in [0.2, 0.25) is 0 Å². The number of ether oxygens (including phenoxy) is 3. The summed E-state index contributed by atoms with van der Waals surface area (Å²) in [6.07, 6.45) is 2.35. The van der Waals surface area contributed by atoms with Gasteiger partial charge in [-0.05, 0) is 80.1 Å². The van der Waals surface area contributed by atoms with Gasteiger partial charge in [-0.15, -0.1) is 0 Å². The fraction of sp³-hybridized carbons (Fsp3) is 0.529. The number of rotatable bonds is 6. The second kappa shape index (κ2) is 13.7. The minimum Gasteiger partial charge on any atom is -0.462 e. The minimum absolute atomic E-state index is 0.0141. The highest BCUT2D eigenvalue weighted by molar-refractivity contribution is 7.22. The predicted molar refractivity (Wildman–Crippen MR) is 187 cm³/mol. The molecular formula is C34H42F2N8O5S. The number of carbonyl (C=O) groups excluding carboxylic acids is 2. The Hall–Kier alpha value is -4.44. The quantitative estimate of drug-likeness (QED) is 0.236. The van der Waals surface area contributed by atoms with Gasteiger partial charge in [0, 0.05) is 44.0 Å². The van der Waals surface area contributed by atoms with Crippen LogP contribution < -0.4 is 15.0 Å². The molecule has 50 heavy (non-hydrogen) atoms. The maximum Gasteiger partial charge on any atom is 0.413 e. The number of likely N-dealkylation sites (N-methyl/N-ethyl adjacent to an activating group) is 1. The van der Waals surface area contributed by atoms with Gasteiger partial charge >= 0.3 is 18.2 Å². The number of thiazole rings is 1. The first-order valence-electron chi connectivity index (χ1n) is 16.6. The van der Waals surface area contributed by atoms with Crippen LogP contribution >= 0.6 is 11.3 Å². The minimum atomic E-state index is -0.760. The van der Waals surface area contributed by atoms with E-state index in [0.29, 0.717) is 44.0 Å². The molecule has 16 heteroatoms. The van der Waals surface area contributed by atoms with Gasteiger partial charge in [0.25, 0.3) is 0 Å². The first kappa shape index (κ1) is 35.4. The third kappa shape index (κ3) is 7.80. The molecule has 0 spiro atoms. The lowest BCUT2D eigenvalue weighted by Gasteiger charge is -2.36. The van der Waals surface area contributed by atoms with E-state index in [0.717, 1.165) is 30.7 Å². The highest BCUT2D eigenvalue weighted by Gasteiger charge is 2.30. The number of nitrogens with zero attached hydrogens (tertiary/aromatic N) is 7. The normalized spacial score (nSPS) is 17.4. The zero-order chi connectivity index (χ0) is 36.0. The van der Waals surface area contributed by atoms with E-state index in [1.807, 2.05) is 32.7 Å². The Labute approximate surface area is 292 Å². The van der Waals surface area contributed by atoms with Gasteiger partial charge in [0.05, 0.1) is 15.6 Å². The van der Waals surface area contributed by atoms with Gasteiger partial charge in [-0.1, -0.05) is 11.3 Å². The Morgan fingerprint density at radius 1 is 0.960 bits per heavy atom. The summed E-state index contributed by atoms with van der Waals surface area (Å²) in [7, 11) is 2.03. The third-order valence-corrected chi connectivity index (χ3v) is 9.29. The van der Waals surface area contributed by atoms with E-state index in [-0.39, 0.29) is 44.2 Å².